The number of fused-ring (bicyclic) bond motifs is 3. The van der Waals surface area contributed by atoms with Gasteiger partial charge in [0, 0.05) is 10.0 Å². The van der Waals surface area contributed by atoms with E-state index in [4.69, 9.17) is 4.65 Å². The molecule has 0 spiro atoms. The minimum Gasteiger partial charge on any atom is -0.507 e. The number of benzene rings is 2. The molecule has 2 amide bonds. The number of hydrogen-bond donors (Lipinski definition) is 4. The van der Waals surface area contributed by atoms with Crippen LogP contribution in [-0.4, -0.2) is 52.3 Å². The van der Waals surface area contributed by atoms with Gasteiger partial charge in [-0.25, -0.2) is 0 Å². The van der Waals surface area contributed by atoms with Crippen LogP contribution in [0.5, 0.6) is 5.75 Å². The van der Waals surface area contributed by atoms with Gasteiger partial charge in [-0.2, -0.15) is 0 Å². The first-order valence-electron chi connectivity index (χ1n) is 13.1. The van der Waals surface area contributed by atoms with E-state index in [-0.39, 0.29) is 35.3 Å². The van der Waals surface area contributed by atoms with Crippen molar-refractivity contribution in [2.24, 2.45) is 17.8 Å². The third kappa shape index (κ3) is 5.38. The second kappa shape index (κ2) is 11.1. The minimum absolute atomic E-state index is 0.187. The summed E-state index contributed by atoms with van der Waals surface area (Å²) in [5.74, 6) is -1.94. The summed E-state index contributed by atoms with van der Waals surface area (Å²) < 4.78 is 6.85. The molecule has 0 unspecified atom stereocenters. The molecule has 0 radical (unpaired) electrons. The molecule has 0 aromatic heterocycles. The number of allylic oxidation sites excluding steroid dienone is 2. The molecule has 4 N–H and O–H groups in total. The molecule has 3 aliphatic rings. The molecular formula is C28H30B2BrNO7. The van der Waals surface area contributed by atoms with Crippen LogP contribution in [0, 0.1) is 17.8 Å². The van der Waals surface area contributed by atoms with Gasteiger partial charge in [-0.1, -0.05) is 45.3 Å². The second-order valence-corrected chi connectivity index (χ2v) is 11.6. The Bertz CT molecular complexity index is 1380. The van der Waals surface area contributed by atoms with Crippen LogP contribution in [0.15, 0.2) is 63.7 Å². The topological polar surface area (TPSA) is 128 Å². The number of anilines is 1. The van der Waals surface area contributed by atoms with Gasteiger partial charge in [-0.3, -0.25) is 14.5 Å². The summed E-state index contributed by atoms with van der Waals surface area (Å²) in [6.07, 6.45) is 3.41. The fourth-order valence-corrected chi connectivity index (χ4v) is 6.72. The molecule has 2 heterocycles. The molecule has 4 atom stereocenters. The highest BCUT2D eigenvalue weighted by Crippen LogP contribution is 2.51. The first-order chi connectivity index (χ1) is 18.5. The quantitative estimate of drug-likeness (QED) is 0.230. The van der Waals surface area contributed by atoms with Crippen LogP contribution in [0.3, 0.4) is 0 Å². The number of rotatable bonds is 6. The Morgan fingerprint density at radius 3 is 2.69 bits per heavy atom. The van der Waals surface area contributed by atoms with Gasteiger partial charge >= 0.3 is 14.2 Å². The van der Waals surface area contributed by atoms with Crippen molar-refractivity contribution in [3.8, 4) is 5.75 Å². The highest BCUT2D eigenvalue weighted by molar-refractivity contribution is 9.10. The van der Waals surface area contributed by atoms with Crippen molar-refractivity contribution in [3.63, 3.8) is 0 Å². The largest absolute Gasteiger partial charge is 0.507 e. The van der Waals surface area contributed by atoms with Crippen molar-refractivity contribution < 1.29 is 34.4 Å². The molecule has 2 aliphatic heterocycles. The number of hydrogen-bond acceptors (Lipinski definition) is 7. The molecule has 0 bridgehead atoms. The van der Waals surface area contributed by atoms with E-state index in [1.807, 2.05) is 26.0 Å². The van der Waals surface area contributed by atoms with Crippen LogP contribution in [0.25, 0.3) is 6.08 Å². The molecule has 8 nitrogen and oxygen atoms in total. The fourth-order valence-electron chi connectivity index (χ4n) is 6.34. The average molecular weight is 594 g/mol. The maximum atomic E-state index is 13.7. The molecule has 2 aromatic rings. The Hall–Kier alpha value is -2.69. The lowest BCUT2D eigenvalue weighted by Gasteiger charge is -2.42. The summed E-state index contributed by atoms with van der Waals surface area (Å²) in [6, 6.07) is 11.4. The van der Waals surface area contributed by atoms with E-state index in [1.54, 1.807) is 24.3 Å². The molecular weight excluding hydrogens is 564 g/mol. The van der Waals surface area contributed by atoms with E-state index in [9.17, 15) is 29.8 Å². The zero-order valence-corrected chi connectivity index (χ0v) is 23.3. The van der Waals surface area contributed by atoms with Crippen LogP contribution in [-0.2, 0) is 14.2 Å². The summed E-state index contributed by atoms with van der Waals surface area (Å²) >= 11 is 3.43. The average Bonchev–Trinajstić information content (AvgIpc) is 3.13. The minimum atomic E-state index is -1.72. The first kappa shape index (κ1) is 27.9. The maximum absolute atomic E-state index is 13.7. The molecule has 202 valence electrons. The van der Waals surface area contributed by atoms with Gasteiger partial charge in [-0.15, -0.1) is 0 Å². The molecule has 2 aromatic carbocycles. The Morgan fingerprint density at radius 1 is 1.18 bits per heavy atom. The molecule has 5 rings (SSSR count). The Kier molecular flexibility index (Phi) is 7.90. The van der Waals surface area contributed by atoms with Crippen LogP contribution >= 0.6 is 15.9 Å². The number of aromatic hydroxyl groups is 1. The fraction of sp³-hybridized carbons (Fsp3) is 0.357. The molecule has 11 heteroatoms. The van der Waals surface area contributed by atoms with Crippen molar-refractivity contribution in [3.05, 3.63) is 69.2 Å². The zero-order chi connectivity index (χ0) is 28.0. The zero-order valence-electron chi connectivity index (χ0n) is 21.8. The normalized spacial score (nSPS) is 25.2. The van der Waals surface area contributed by atoms with Gasteiger partial charge in [-0.05, 0) is 86.7 Å². The Balaban J connectivity index is 1.39. The van der Waals surface area contributed by atoms with Crippen LogP contribution in [0.1, 0.15) is 38.7 Å². The third-order valence-corrected chi connectivity index (χ3v) is 8.56. The van der Waals surface area contributed by atoms with E-state index in [2.05, 4.69) is 15.9 Å². The first-order valence-corrected chi connectivity index (χ1v) is 13.9. The summed E-state index contributed by atoms with van der Waals surface area (Å²) in [7, 11) is -2.77. The van der Waals surface area contributed by atoms with Crippen molar-refractivity contribution in [1.29, 1.82) is 0 Å². The lowest BCUT2D eigenvalue weighted by molar-refractivity contribution is -0.122. The van der Waals surface area contributed by atoms with Gasteiger partial charge in [0.1, 0.15) is 5.75 Å². The van der Waals surface area contributed by atoms with E-state index in [0.717, 1.165) is 26.1 Å². The smallest absolute Gasteiger partial charge is 0.488 e. The van der Waals surface area contributed by atoms with Gasteiger partial charge in [0.2, 0.25) is 11.8 Å². The van der Waals surface area contributed by atoms with Crippen LogP contribution < -0.4 is 10.4 Å². The van der Waals surface area contributed by atoms with Crippen LogP contribution in [0.4, 0.5) is 5.69 Å². The number of imide groups is 1. The maximum Gasteiger partial charge on any atom is 0.488 e. The van der Waals surface area contributed by atoms with Crippen molar-refractivity contribution in [2.75, 3.05) is 4.90 Å². The highest BCUT2D eigenvalue weighted by atomic mass is 79.9. The van der Waals surface area contributed by atoms with E-state index < -0.39 is 32.2 Å². The molecule has 1 aliphatic carbocycles. The number of amides is 2. The second-order valence-electron chi connectivity index (χ2n) is 10.7. The predicted molar refractivity (Wildman–Crippen MR) is 153 cm³/mol. The number of phenols is 1. The lowest BCUT2D eigenvalue weighted by Crippen LogP contribution is -2.46. The van der Waals surface area contributed by atoms with E-state index >= 15 is 0 Å². The van der Waals surface area contributed by atoms with Gasteiger partial charge in [0.15, 0.2) is 0 Å². The monoisotopic (exact) mass is 593 g/mol. The molecule has 2 fully saturated rings. The molecule has 0 saturated carbocycles. The number of halogens is 1. The number of phenolic OH excluding ortho intramolecular Hbond substituents is 1. The SMILES string of the molecule is CC1=C2[C@@H](CC/C(C)=C/c3cc(Br)ccc3O)OB(O)C[C@@H]2[C@@H]2C(=O)N(c3cccc(B(O)O)c3)C(=O)[C@@H]2C1. The third-order valence-electron chi connectivity index (χ3n) is 8.07. The van der Waals surface area contributed by atoms with Gasteiger partial charge in [0.05, 0.1) is 23.6 Å². The highest BCUT2D eigenvalue weighted by Gasteiger charge is 2.57. The number of carbonyl (C=O) groups excluding carboxylic acids is 2. The van der Waals surface area contributed by atoms with E-state index in [0.29, 0.717) is 30.5 Å². The van der Waals surface area contributed by atoms with Gasteiger partial charge in [0.25, 0.3) is 0 Å². The number of carbonyl (C=O) groups is 2. The standard InChI is InChI=1S/C28H30B2BrNO7/c1-15(10-17-12-19(31)7-8-23(17)33)6-9-24-25-16(2)11-21-26(22(25)14-29(36)39-24)28(35)32(27(21)34)20-5-3-4-18(13-20)30(37)38/h3-5,7-8,10,12-13,21-22,24,26,33,36-38H,6,9,11,14H2,1-2H3/b15-10+/t21-,22+,24-,26-/m1/s1. The van der Waals surface area contributed by atoms with Gasteiger partial charge < -0.3 is 24.8 Å². The Labute approximate surface area is 236 Å². The Morgan fingerprint density at radius 2 is 1.95 bits per heavy atom. The summed E-state index contributed by atoms with van der Waals surface area (Å²) in [6.45, 7) is 3.95. The summed E-state index contributed by atoms with van der Waals surface area (Å²) in [4.78, 5) is 28.4. The number of nitrogens with zero attached hydrogens (tertiary/aromatic N) is 1. The molecule has 39 heavy (non-hydrogen) atoms. The van der Waals surface area contributed by atoms with Crippen molar-refractivity contribution in [2.45, 2.75) is 45.5 Å². The molecule has 2 saturated heterocycles. The van der Waals surface area contributed by atoms with Crippen molar-refractivity contribution >= 4 is 59.2 Å². The summed E-state index contributed by atoms with van der Waals surface area (Å²) in [5, 5.41) is 40.0. The van der Waals surface area contributed by atoms with E-state index in [1.165, 1.54) is 12.1 Å². The summed E-state index contributed by atoms with van der Waals surface area (Å²) in [5.41, 5.74) is 4.23. The van der Waals surface area contributed by atoms with Crippen LogP contribution in [0.2, 0.25) is 6.32 Å². The predicted octanol–water partition coefficient (Wildman–Crippen LogP) is 3.04. The van der Waals surface area contributed by atoms with Crippen molar-refractivity contribution in [1.82, 2.24) is 0 Å². The lowest BCUT2D eigenvalue weighted by atomic mass is 9.59.